The normalized spacial score (nSPS) is 13.7. The zero-order valence-electron chi connectivity index (χ0n) is 16.5. The second kappa shape index (κ2) is 9.77. The first-order valence-corrected chi connectivity index (χ1v) is 10.7. The van der Waals surface area contributed by atoms with Crippen LogP contribution in [-0.4, -0.2) is 22.7 Å². The van der Waals surface area contributed by atoms with Gasteiger partial charge >= 0.3 is 6.18 Å². The minimum atomic E-state index is -4.65. The molecule has 0 aliphatic rings. The molecule has 0 aliphatic carbocycles. The predicted octanol–water partition coefficient (Wildman–Crippen LogP) is 7.57. The molecule has 1 atom stereocenters. The molecule has 2 aromatic carbocycles. The number of hydrogen-bond donors (Lipinski definition) is 2. The highest BCUT2D eigenvalue weighted by Gasteiger charge is 2.43. The van der Waals surface area contributed by atoms with Gasteiger partial charge in [-0.3, -0.25) is 0 Å². The van der Waals surface area contributed by atoms with Crippen molar-refractivity contribution in [1.29, 1.82) is 5.41 Å². The summed E-state index contributed by atoms with van der Waals surface area (Å²) in [5.74, 6) is 0.749. The lowest BCUT2D eigenvalue weighted by Crippen LogP contribution is -2.34. The average Bonchev–Trinajstić information content (AvgIpc) is 2.57. The van der Waals surface area contributed by atoms with Crippen LogP contribution in [0.3, 0.4) is 0 Å². The minimum Gasteiger partial charge on any atom is -0.384 e. The molecule has 2 N–H and O–H groups in total. The van der Waals surface area contributed by atoms with E-state index in [2.05, 4.69) is 6.58 Å². The second-order valence-electron chi connectivity index (χ2n) is 7.36. The summed E-state index contributed by atoms with van der Waals surface area (Å²) in [6.45, 7) is 7.66. The van der Waals surface area contributed by atoms with Gasteiger partial charge in [0.25, 0.3) is 0 Å². The molecule has 0 amide bonds. The number of aryl methyl sites for hydroxylation is 1. The fourth-order valence-electron chi connectivity index (χ4n) is 3.02. The fourth-order valence-corrected chi connectivity index (χ4v) is 4.39. The standard InChI is InChI=1S/C22H22Cl2F3NOS/c1-13(2)11-30-20-5-4-15(6-14(20)3)19(28)10-21(29,12-22(25,26)27)16-7-17(23)9-18(24)8-16/h4-9,28-29H,1,10-12H2,2-3H3/t21-/m1/s1. The first kappa shape index (κ1) is 24.8. The molecule has 2 nitrogen and oxygen atoms in total. The third kappa shape index (κ3) is 7.05. The van der Waals surface area contributed by atoms with E-state index in [0.717, 1.165) is 21.8 Å². The Hall–Kier alpha value is -1.47. The average molecular weight is 476 g/mol. The van der Waals surface area contributed by atoms with Crippen molar-refractivity contribution in [3.05, 3.63) is 75.3 Å². The van der Waals surface area contributed by atoms with E-state index < -0.39 is 24.6 Å². The van der Waals surface area contributed by atoms with Crippen LogP contribution < -0.4 is 0 Å². The molecule has 0 bridgehead atoms. The fraction of sp³-hybridized carbons (Fsp3) is 0.318. The van der Waals surface area contributed by atoms with Crippen molar-refractivity contribution in [2.24, 2.45) is 0 Å². The lowest BCUT2D eigenvalue weighted by Gasteiger charge is -2.30. The van der Waals surface area contributed by atoms with Crippen LogP contribution in [0.5, 0.6) is 0 Å². The molecule has 0 unspecified atom stereocenters. The zero-order chi connectivity index (χ0) is 22.7. The number of rotatable bonds is 8. The van der Waals surface area contributed by atoms with E-state index in [1.165, 1.54) is 18.2 Å². The molecule has 0 radical (unpaired) electrons. The Bertz CT molecular complexity index is 942. The number of hydrogen-bond acceptors (Lipinski definition) is 3. The summed E-state index contributed by atoms with van der Waals surface area (Å²) >= 11 is 13.5. The van der Waals surface area contributed by atoms with Gasteiger partial charge < -0.3 is 10.5 Å². The van der Waals surface area contributed by atoms with Crippen LogP contribution in [0.1, 0.15) is 36.5 Å². The Morgan fingerprint density at radius 2 is 1.73 bits per heavy atom. The summed E-state index contributed by atoms with van der Waals surface area (Å²) in [5, 5.41) is 19.6. The first-order valence-electron chi connectivity index (χ1n) is 9.00. The van der Waals surface area contributed by atoms with Crippen LogP contribution in [0, 0.1) is 12.3 Å². The van der Waals surface area contributed by atoms with Crippen molar-refractivity contribution in [2.45, 2.75) is 43.4 Å². The molecule has 8 heteroatoms. The molecule has 0 saturated heterocycles. The van der Waals surface area contributed by atoms with E-state index in [0.29, 0.717) is 5.56 Å². The number of benzene rings is 2. The lowest BCUT2D eigenvalue weighted by molar-refractivity contribution is -0.177. The van der Waals surface area contributed by atoms with Crippen LogP contribution in [0.15, 0.2) is 53.4 Å². The predicted molar refractivity (Wildman–Crippen MR) is 119 cm³/mol. The van der Waals surface area contributed by atoms with Gasteiger partial charge in [-0.15, -0.1) is 11.8 Å². The van der Waals surface area contributed by atoms with Gasteiger partial charge in [0, 0.05) is 32.8 Å². The molecule has 0 fully saturated rings. The van der Waals surface area contributed by atoms with Gasteiger partial charge in [-0.2, -0.15) is 13.2 Å². The highest BCUT2D eigenvalue weighted by molar-refractivity contribution is 7.99. The summed E-state index contributed by atoms with van der Waals surface area (Å²) in [4.78, 5) is 1.00. The molecular formula is C22H22Cl2F3NOS. The Balaban J connectivity index is 2.34. The smallest absolute Gasteiger partial charge is 0.384 e. The minimum absolute atomic E-state index is 0.0765. The SMILES string of the molecule is C=C(C)CSc1ccc(C(=N)C[C@@](O)(CC(F)(F)F)c2cc(Cl)cc(Cl)c2)cc1C. The van der Waals surface area contributed by atoms with Gasteiger partial charge in [-0.25, -0.2) is 0 Å². The molecule has 2 aromatic rings. The quantitative estimate of drug-likeness (QED) is 0.235. The number of thioether (sulfide) groups is 1. The molecule has 162 valence electrons. The van der Waals surface area contributed by atoms with Crippen LogP contribution in [0.2, 0.25) is 10.0 Å². The van der Waals surface area contributed by atoms with E-state index in [9.17, 15) is 18.3 Å². The number of nitrogens with one attached hydrogen (secondary N) is 1. The molecule has 0 saturated carbocycles. The Labute approximate surface area is 188 Å². The van der Waals surface area contributed by atoms with Crippen molar-refractivity contribution in [3.63, 3.8) is 0 Å². The largest absolute Gasteiger partial charge is 0.392 e. The number of aliphatic hydroxyl groups is 1. The number of alkyl halides is 3. The van der Waals surface area contributed by atoms with Gasteiger partial charge in [-0.05, 0) is 60.9 Å². The van der Waals surface area contributed by atoms with Crippen LogP contribution >= 0.6 is 35.0 Å². The molecule has 30 heavy (non-hydrogen) atoms. The highest BCUT2D eigenvalue weighted by atomic mass is 35.5. The molecular weight excluding hydrogens is 454 g/mol. The molecule has 2 rings (SSSR count). The summed E-state index contributed by atoms with van der Waals surface area (Å²) in [6.07, 6.45) is -6.71. The van der Waals surface area contributed by atoms with Crippen molar-refractivity contribution in [1.82, 2.24) is 0 Å². The van der Waals surface area contributed by atoms with Crippen molar-refractivity contribution in [2.75, 3.05) is 5.75 Å². The molecule has 0 spiro atoms. The van der Waals surface area contributed by atoms with E-state index in [4.69, 9.17) is 28.6 Å². The summed E-state index contributed by atoms with van der Waals surface area (Å²) in [7, 11) is 0. The summed E-state index contributed by atoms with van der Waals surface area (Å²) < 4.78 is 39.8. The third-order valence-corrected chi connectivity index (χ3v) is 6.20. The van der Waals surface area contributed by atoms with Crippen molar-refractivity contribution < 1.29 is 18.3 Å². The van der Waals surface area contributed by atoms with Crippen LogP contribution in [0.25, 0.3) is 0 Å². The van der Waals surface area contributed by atoms with Crippen LogP contribution in [-0.2, 0) is 5.60 Å². The highest BCUT2D eigenvalue weighted by Crippen LogP contribution is 2.40. The van der Waals surface area contributed by atoms with Crippen molar-refractivity contribution in [3.8, 4) is 0 Å². The Morgan fingerprint density at radius 3 is 2.23 bits per heavy atom. The van der Waals surface area contributed by atoms with E-state index in [-0.39, 0.29) is 21.3 Å². The maximum absolute atomic E-state index is 13.3. The zero-order valence-corrected chi connectivity index (χ0v) is 18.9. The van der Waals surface area contributed by atoms with Gasteiger partial charge in [-0.1, -0.05) is 41.4 Å². The van der Waals surface area contributed by atoms with E-state index in [1.54, 1.807) is 23.9 Å². The lowest BCUT2D eigenvalue weighted by atomic mass is 9.83. The first-order chi connectivity index (χ1) is 13.8. The van der Waals surface area contributed by atoms with Gasteiger partial charge in [0.05, 0.1) is 6.42 Å². The van der Waals surface area contributed by atoms with Crippen LogP contribution in [0.4, 0.5) is 13.2 Å². The Kier molecular flexibility index (Phi) is 8.08. The maximum atomic E-state index is 13.3. The number of halogens is 5. The molecule has 0 aromatic heterocycles. The topological polar surface area (TPSA) is 44.1 Å². The van der Waals surface area contributed by atoms with Gasteiger partial charge in [0.1, 0.15) is 5.60 Å². The third-order valence-electron chi connectivity index (χ3n) is 4.36. The van der Waals surface area contributed by atoms with Gasteiger partial charge in [0.2, 0.25) is 0 Å². The molecule has 0 heterocycles. The Morgan fingerprint density at radius 1 is 1.13 bits per heavy atom. The summed E-state index contributed by atoms with van der Waals surface area (Å²) in [5.41, 5.74) is -0.196. The van der Waals surface area contributed by atoms with E-state index >= 15 is 0 Å². The second-order valence-corrected chi connectivity index (χ2v) is 9.25. The van der Waals surface area contributed by atoms with Crippen molar-refractivity contribution >= 4 is 40.7 Å². The molecule has 0 aliphatic heterocycles. The maximum Gasteiger partial charge on any atom is 0.392 e. The van der Waals surface area contributed by atoms with Gasteiger partial charge in [0.15, 0.2) is 0 Å². The van der Waals surface area contributed by atoms with E-state index in [1.807, 2.05) is 19.9 Å². The monoisotopic (exact) mass is 475 g/mol. The summed E-state index contributed by atoms with van der Waals surface area (Å²) in [6, 6.07) is 9.10.